The van der Waals surface area contributed by atoms with Crippen molar-refractivity contribution in [1.82, 2.24) is 0 Å². The molecule has 11 heavy (non-hydrogen) atoms. The fourth-order valence-corrected chi connectivity index (χ4v) is 1.00. The number of benzene rings is 1. The van der Waals surface area contributed by atoms with Gasteiger partial charge < -0.3 is 4.74 Å². The van der Waals surface area contributed by atoms with E-state index in [1.54, 1.807) is 0 Å². The van der Waals surface area contributed by atoms with Crippen LogP contribution in [0.5, 0.6) is 0 Å². The third-order valence-electron chi connectivity index (χ3n) is 1.31. The molecule has 1 aromatic rings. The second-order valence-electron chi connectivity index (χ2n) is 2.04. The number of halogens is 1. The topological polar surface area (TPSA) is 9.23 Å². The van der Waals surface area contributed by atoms with Gasteiger partial charge in [-0.05, 0) is 5.56 Å². The minimum atomic E-state index is -0.803. The van der Waals surface area contributed by atoms with E-state index < -0.39 is 12.3 Å². The fraction of sp³-hybridized carbons (Fsp3) is 0.250. The van der Waals surface area contributed by atoms with E-state index in [9.17, 15) is 4.39 Å². The normalized spacial score (nSPS) is 12.9. The summed E-state index contributed by atoms with van der Waals surface area (Å²) in [7, 11) is 0. The SMILES string of the molecule is FCOC(S)c1ccccc1. The maximum atomic E-state index is 11.7. The zero-order valence-electron chi connectivity index (χ0n) is 5.90. The molecule has 60 valence electrons. The quantitative estimate of drug-likeness (QED) is 0.544. The summed E-state index contributed by atoms with van der Waals surface area (Å²) in [4.78, 5) is 0. The lowest BCUT2D eigenvalue weighted by Gasteiger charge is -2.08. The van der Waals surface area contributed by atoms with Crippen LogP contribution in [0.1, 0.15) is 11.0 Å². The molecule has 0 N–H and O–H groups in total. The van der Waals surface area contributed by atoms with Crippen molar-refractivity contribution in [3.8, 4) is 0 Å². The predicted octanol–water partition coefficient (Wildman–Crippen LogP) is 2.56. The molecule has 0 aliphatic heterocycles. The number of alkyl halides is 1. The average Bonchev–Trinajstić information content (AvgIpc) is 2.07. The lowest BCUT2D eigenvalue weighted by molar-refractivity contribution is 0.0416. The molecule has 0 amide bonds. The van der Waals surface area contributed by atoms with E-state index in [4.69, 9.17) is 0 Å². The molecule has 0 aliphatic carbocycles. The Morgan fingerprint density at radius 1 is 1.36 bits per heavy atom. The summed E-state index contributed by atoms with van der Waals surface area (Å²) in [6.07, 6.45) is 0. The van der Waals surface area contributed by atoms with Crippen LogP contribution >= 0.6 is 12.6 Å². The van der Waals surface area contributed by atoms with E-state index in [1.165, 1.54) is 0 Å². The summed E-state index contributed by atoms with van der Waals surface area (Å²) in [6.45, 7) is -0.803. The number of thiol groups is 1. The molecule has 0 bridgehead atoms. The van der Waals surface area contributed by atoms with Gasteiger partial charge in [0, 0.05) is 0 Å². The molecule has 0 aliphatic rings. The van der Waals surface area contributed by atoms with Crippen LogP contribution in [0.15, 0.2) is 30.3 Å². The predicted molar refractivity (Wildman–Crippen MR) is 45.2 cm³/mol. The number of rotatable bonds is 3. The molecule has 0 fully saturated rings. The van der Waals surface area contributed by atoms with Crippen LogP contribution in [0.3, 0.4) is 0 Å². The van der Waals surface area contributed by atoms with Gasteiger partial charge in [0.2, 0.25) is 0 Å². The second kappa shape index (κ2) is 4.36. The molecule has 0 saturated carbocycles. The molecule has 1 rings (SSSR count). The zero-order chi connectivity index (χ0) is 8.10. The average molecular weight is 172 g/mol. The van der Waals surface area contributed by atoms with Crippen LogP contribution in [0.4, 0.5) is 4.39 Å². The first-order valence-corrected chi connectivity index (χ1v) is 3.77. The lowest BCUT2D eigenvalue weighted by atomic mass is 10.2. The van der Waals surface area contributed by atoms with Gasteiger partial charge in [-0.25, -0.2) is 4.39 Å². The van der Waals surface area contributed by atoms with E-state index in [0.29, 0.717) is 0 Å². The van der Waals surface area contributed by atoms with Gasteiger partial charge in [0.25, 0.3) is 0 Å². The van der Waals surface area contributed by atoms with E-state index >= 15 is 0 Å². The largest absolute Gasteiger partial charge is 0.332 e. The number of hydrogen-bond donors (Lipinski definition) is 1. The van der Waals surface area contributed by atoms with Crippen molar-refractivity contribution in [1.29, 1.82) is 0 Å². The summed E-state index contributed by atoms with van der Waals surface area (Å²) < 4.78 is 16.3. The van der Waals surface area contributed by atoms with Gasteiger partial charge in [0.05, 0.1) is 0 Å². The first-order valence-electron chi connectivity index (χ1n) is 3.25. The Labute approximate surface area is 70.6 Å². The highest BCUT2D eigenvalue weighted by molar-refractivity contribution is 7.80. The molecule has 1 nitrogen and oxygen atoms in total. The Kier molecular flexibility index (Phi) is 3.39. The van der Waals surface area contributed by atoms with Crippen molar-refractivity contribution in [3.63, 3.8) is 0 Å². The molecule has 1 unspecified atom stereocenters. The minimum absolute atomic E-state index is 0.457. The summed E-state index contributed by atoms with van der Waals surface area (Å²) >= 11 is 4.04. The highest BCUT2D eigenvalue weighted by Gasteiger charge is 2.03. The maximum Gasteiger partial charge on any atom is 0.190 e. The molecule has 3 heteroatoms. The first-order chi connectivity index (χ1) is 5.34. The monoisotopic (exact) mass is 172 g/mol. The van der Waals surface area contributed by atoms with Gasteiger partial charge >= 0.3 is 0 Å². The zero-order valence-corrected chi connectivity index (χ0v) is 6.80. The Balaban J connectivity index is 2.61. The van der Waals surface area contributed by atoms with E-state index in [1.807, 2.05) is 30.3 Å². The highest BCUT2D eigenvalue weighted by atomic mass is 32.1. The molecule has 0 spiro atoms. The van der Waals surface area contributed by atoms with Crippen LogP contribution in [0.25, 0.3) is 0 Å². The van der Waals surface area contributed by atoms with Crippen LogP contribution in [-0.4, -0.2) is 6.86 Å². The number of hydrogen-bond acceptors (Lipinski definition) is 2. The van der Waals surface area contributed by atoms with Crippen molar-refractivity contribution in [2.75, 3.05) is 6.86 Å². The van der Waals surface area contributed by atoms with Crippen molar-refractivity contribution < 1.29 is 9.13 Å². The van der Waals surface area contributed by atoms with E-state index in [2.05, 4.69) is 17.4 Å². The van der Waals surface area contributed by atoms with E-state index in [0.717, 1.165) is 5.56 Å². The van der Waals surface area contributed by atoms with Crippen LogP contribution in [0, 0.1) is 0 Å². The molecule has 0 saturated heterocycles. The van der Waals surface area contributed by atoms with Crippen LogP contribution in [-0.2, 0) is 4.74 Å². The summed E-state index contributed by atoms with van der Waals surface area (Å²) in [5.74, 6) is 0. The molecule has 1 atom stereocenters. The standard InChI is InChI=1S/C8H9FOS/c9-6-10-8(11)7-4-2-1-3-5-7/h1-5,8,11H,6H2. The Morgan fingerprint density at radius 2 is 2.00 bits per heavy atom. The minimum Gasteiger partial charge on any atom is -0.332 e. The Hall–Kier alpha value is -0.540. The highest BCUT2D eigenvalue weighted by Crippen LogP contribution is 2.20. The molecule has 0 heterocycles. The maximum absolute atomic E-state index is 11.7. The van der Waals surface area contributed by atoms with Gasteiger partial charge in [-0.2, -0.15) is 0 Å². The Bertz CT molecular complexity index is 203. The first kappa shape index (κ1) is 8.56. The molecule has 1 aromatic carbocycles. The third kappa shape index (κ3) is 2.52. The van der Waals surface area contributed by atoms with Crippen LogP contribution < -0.4 is 0 Å². The smallest absolute Gasteiger partial charge is 0.190 e. The third-order valence-corrected chi connectivity index (χ3v) is 1.75. The van der Waals surface area contributed by atoms with Gasteiger partial charge in [-0.1, -0.05) is 30.3 Å². The molecule has 0 radical (unpaired) electrons. The molecular formula is C8H9FOS. The lowest BCUT2D eigenvalue weighted by Crippen LogP contribution is -1.94. The van der Waals surface area contributed by atoms with Gasteiger partial charge in [0.1, 0.15) is 5.44 Å². The Morgan fingerprint density at radius 3 is 2.55 bits per heavy atom. The van der Waals surface area contributed by atoms with Crippen LogP contribution in [0.2, 0.25) is 0 Å². The fourth-order valence-electron chi connectivity index (χ4n) is 0.774. The van der Waals surface area contributed by atoms with Crippen molar-refractivity contribution in [2.24, 2.45) is 0 Å². The van der Waals surface area contributed by atoms with Gasteiger partial charge in [-0.3, -0.25) is 0 Å². The van der Waals surface area contributed by atoms with Crippen molar-refractivity contribution in [2.45, 2.75) is 5.44 Å². The molecule has 0 aromatic heterocycles. The summed E-state index contributed by atoms with van der Waals surface area (Å²) in [5, 5.41) is 0. The van der Waals surface area contributed by atoms with Gasteiger partial charge in [0.15, 0.2) is 6.86 Å². The second-order valence-corrected chi connectivity index (χ2v) is 2.51. The summed E-state index contributed by atoms with van der Waals surface area (Å²) in [6, 6.07) is 9.29. The molecular weight excluding hydrogens is 163 g/mol. The summed E-state index contributed by atoms with van der Waals surface area (Å²) in [5.41, 5.74) is 0.412. The van der Waals surface area contributed by atoms with Crippen molar-refractivity contribution >= 4 is 12.6 Å². The van der Waals surface area contributed by atoms with E-state index in [-0.39, 0.29) is 0 Å². The number of ether oxygens (including phenoxy) is 1. The van der Waals surface area contributed by atoms with Crippen molar-refractivity contribution in [3.05, 3.63) is 35.9 Å². The van der Waals surface area contributed by atoms with Gasteiger partial charge in [-0.15, -0.1) is 12.6 Å².